The molecule has 0 aliphatic rings. The fraction of sp³-hybridized carbons (Fsp3) is 0.833. The van der Waals surface area contributed by atoms with Crippen molar-refractivity contribution < 1.29 is 45.0 Å². The topological polar surface area (TPSA) is 35.5 Å². The van der Waals surface area contributed by atoms with Gasteiger partial charge in [0.1, 0.15) is 0 Å². The maximum atomic E-state index is 12.2. The van der Waals surface area contributed by atoms with Crippen LogP contribution in [0.5, 0.6) is 0 Å². The number of hydrogen-bond donors (Lipinski definition) is 0. The van der Waals surface area contributed by atoms with Gasteiger partial charge < -0.3 is 9.47 Å². The Morgan fingerprint density at radius 1 is 1.06 bits per heavy atom. The highest BCUT2D eigenvalue weighted by Crippen LogP contribution is 2.46. The van der Waals surface area contributed by atoms with E-state index in [4.69, 9.17) is 0 Å². The summed E-state index contributed by atoms with van der Waals surface area (Å²) in [5.41, 5.74) is -5.30. The number of methoxy groups -OCH3 is 1. The van der Waals surface area contributed by atoms with Crippen LogP contribution in [-0.2, 0) is 14.3 Å². The normalized spacial score (nSPS) is 13.8. The molecule has 0 rings (SSSR count). The van der Waals surface area contributed by atoms with Gasteiger partial charge in [0.25, 0.3) is 0 Å². The molecule has 0 bridgehead atoms. The molecule has 0 saturated carbocycles. The number of carbonyl (C=O) groups is 1. The minimum absolute atomic E-state index is 0.288. The molecule has 0 amide bonds. The molecular formula is C6H5F7O3. The van der Waals surface area contributed by atoms with Gasteiger partial charge in [-0.15, -0.1) is 0 Å². The molecule has 0 fully saturated rings. The molecule has 0 radical (unpaired) electrons. The second-order valence-electron chi connectivity index (χ2n) is 2.42. The van der Waals surface area contributed by atoms with Crippen LogP contribution in [-0.4, -0.2) is 37.9 Å². The molecule has 0 atom stereocenters. The maximum Gasteiger partial charge on any atom is 0.437 e. The molecule has 0 aliphatic heterocycles. The molecule has 3 nitrogen and oxygen atoms in total. The predicted molar refractivity (Wildman–Crippen MR) is 33.9 cm³/mol. The third-order valence-corrected chi connectivity index (χ3v) is 1.54. The smallest absolute Gasteiger partial charge is 0.437 e. The van der Waals surface area contributed by atoms with Gasteiger partial charge in [0.15, 0.2) is 6.86 Å². The summed E-state index contributed by atoms with van der Waals surface area (Å²) in [6.07, 6.45) is -12.4. The van der Waals surface area contributed by atoms with Crippen molar-refractivity contribution in [3.8, 4) is 0 Å². The van der Waals surface area contributed by atoms with Gasteiger partial charge in [-0.2, -0.15) is 26.3 Å². The van der Waals surface area contributed by atoms with Gasteiger partial charge in [-0.05, 0) is 0 Å². The molecule has 0 saturated heterocycles. The van der Waals surface area contributed by atoms with Gasteiger partial charge in [-0.1, -0.05) is 0 Å². The van der Waals surface area contributed by atoms with E-state index in [9.17, 15) is 35.5 Å². The van der Waals surface area contributed by atoms with Crippen molar-refractivity contribution in [3.05, 3.63) is 0 Å². The summed E-state index contributed by atoms with van der Waals surface area (Å²) in [6.45, 7) is -2.45. The third kappa shape index (κ3) is 2.20. The number of hydrogen-bond acceptors (Lipinski definition) is 3. The van der Waals surface area contributed by atoms with Crippen LogP contribution in [0.15, 0.2) is 0 Å². The van der Waals surface area contributed by atoms with Gasteiger partial charge in [0.2, 0.25) is 0 Å². The van der Waals surface area contributed by atoms with Crippen LogP contribution in [0.3, 0.4) is 0 Å². The van der Waals surface area contributed by atoms with Crippen molar-refractivity contribution in [1.82, 2.24) is 0 Å². The van der Waals surface area contributed by atoms with Crippen LogP contribution >= 0.6 is 0 Å². The van der Waals surface area contributed by atoms with E-state index >= 15 is 0 Å². The minimum Gasteiger partial charge on any atom is -0.466 e. The number of halogens is 7. The quantitative estimate of drug-likeness (QED) is 0.573. The summed E-state index contributed by atoms with van der Waals surface area (Å²) >= 11 is 0. The first-order valence-electron chi connectivity index (χ1n) is 3.46. The standard InChI is InChI=1S/C6H5F7O3/c1-15-3(14)4(16-2-7,5(8,9)10)6(11,12)13/h2H2,1H3. The summed E-state index contributed by atoms with van der Waals surface area (Å²) < 4.78 is 91.0. The Hall–Kier alpha value is -1.06. The number of rotatable bonds is 3. The molecule has 0 aliphatic carbocycles. The average molecular weight is 258 g/mol. The molecule has 0 heterocycles. The molecule has 0 aromatic rings. The van der Waals surface area contributed by atoms with E-state index in [1.807, 2.05) is 0 Å². The van der Waals surface area contributed by atoms with Crippen molar-refractivity contribution >= 4 is 5.97 Å². The molecular weight excluding hydrogens is 253 g/mol. The van der Waals surface area contributed by atoms with E-state index in [0.717, 1.165) is 0 Å². The Morgan fingerprint density at radius 2 is 1.44 bits per heavy atom. The molecule has 0 N–H and O–H groups in total. The Bertz CT molecular complexity index is 242. The lowest BCUT2D eigenvalue weighted by Gasteiger charge is -2.32. The van der Waals surface area contributed by atoms with Gasteiger partial charge in [-0.3, -0.25) is 0 Å². The minimum atomic E-state index is -6.19. The zero-order valence-electron chi connectivity index (χ0n) is 7.58. The van der Waals surface area contributed by atoms with Crippen molar-refractivity contribution in [1.29, 1.82) is 0 Å². The van der Waals surface area contributed by atoms with Crippen molar-refractivity contribution in [2.75, 3.05) is 14.0 Å². The molecule has 0 spiro atoms. The highest BCUT2D eigenvalue weighted by atomic mass is 19.4. The van der Waals surface area contributed by atoms with Crippen LogP contribution in [0.2, 0.25) is 0 Å². The first kappa shape index (κ1) is 14.9. The first-order valence-corrected chi connectivity index (χ1v) is 3.46. The summed E-state index contributed by atoms with van der Waals surface area (Å²) in [5, 5.41) is 0. The van der Waals surface area contributed by atoms with Crippen molar-refractivity contribution in [3.63, 3.8) is 0 Å². The number of ether oxygens (including phenoxy) is 2. The summed E-state index contributed by atoms with van der Waals surface area (Å²) in [5.74, 6) is -2.79. The summed E-state index contributed by atoms with van der Waals surface area (Å²) in [6, 6.07) is 0. The van der Waals surface area contributed by atoms with Crippen LogP contribution in [0.25, 0.3) is 0 Å². The fourth-order valence-electron chi connectivity index (χ4n) is 0.840. The van der Waals surface area contributed by atoms with Crippen LogP contribution < -0.4 is 0 Å². The SMILES string of the molecule is COC(=O)C(OCF)(C(F)(F)F)C(F)(F)F. The van der Waals surface area contributed by atoms with E-state index < -0.39 is 30.8 Å². The second kappa shape index (κ2) is 4.44. The Balaban J connectivity index is 5.70. The van der Waals surface area contributed by atoms with Crippen LogP contribution in [0, 0.1) is 0 Å². The second-order valence-corrected chi connectivity index (χ2v) is 2.42. The Morgan fingerprint density at radius 3 is 1.62 bits per heavy atom. The Kier molecular flexibility index (Phi) is 4.14. The van der Waals surface area contributed by atoms with E-state index in [1.54, 1.807) is 0 Å². The first-order chi connectivity index (χ1) is 7.04. The fourth-order valence-corrected chi connectivity index (χ4v) is 0.840. The molecule has 96 valence electrons. The van der Waals surface area contributed by atoms with Crippen LogP contribution in [0.1, 0.15) is 0 Å². The van der Waals surface area contributed by atoms with Gasteiger partial charge in [-0.25, -0.2) is 9.18 Å². The maximum absolute atomic E-state index is 12.2. The summed E-state index contributed by atoms with van der Waals surface area (Å²) in [7, 11) is 0.288. The van der Waals surface area contributed by atoms with Gasteiger partial charge in [0.05, 0.1) is 7.11 Å². The predicted octanol–water partition coefficient (Wildman–Crippen LogP) is 1.97. The molecule has 0 unspecified atom stereocenters. The molecule has 10 heteroatoms. The summed E-state index contributed by atoms with van der Waals surface area (Å²) in [4.78, 5) is 10.6. The molecule has 0 aromatic heterocycles. The monoisotopic (exact) mass is 258 g/mol. The molecule has 0 aromatic carbocycles. The lowest BCUT2D eigenvalue weighted by atomic mass is 10.0. The van der Waals surface area contributed by atoms with Gasteiger partial charge in [0, 0.05) is 0 Å². The largest absolute Gasteiger partial charge is 0.466 e. The van der Waals surface area contributed by atoms with E-state index in [-0.39, 0.29) is 7.11 Å². The van der Waals surface area contributed by atoms with E-state index in [2.05, 4.69) is 9.47 Å². The number of carbonyl (C=O) groups excluding carboxylic acids is 1. The third-order valence-electron chi connectivity index (χ3n) is 1.54. The average Bonchev–Trinajstić information content (AvgIpc) is 2.08. The number of esters is 1. The lowest BCUT2D eigenvalue weighted by molar-refractivity contribution is -0.374. The zero-order chi connectivity index (χ0) is 13.2. The van der Waals surface area contributed by atoms with E-state index in [0.29, 0.717) is 0 Å². The van der Waals surface area contributed by atoms with Gasteiger partial charge >= 0.3 is 23.9 Å². The Labute approximate surface area is 84.1 Å². The number of alkyl halides is 7. The molecule has 16 heavy (non-hydrogen) atoms. The highest BCUT2D eigenvalue weighted by Gasteiger charge is 2.78. The lowest BCUT2D eigenvalue weighted by Crippen LogP contribution is -2.64. The van der Waals surface area contributed by atoms with E-state index in [1.165, 1.54) is 0 Å². The highest BCUT2D eigenvalue weighted by molar-refractivity contribution is 5.81. The van der Waals surface area contributed by atoms with Crippen molar-refractivity contribution in [2.45, 2.75) is 18.0 Å². The van der Waals surface area contributed by atoms with Crippen LogP contribution in [0.4, 0.5) is 30.7 Å². The zero-order valence-corrected chi connectivity index (χ0v) is 7.58. The van der Waals surface area contributed by atoms with Crippen molar-refractivity contribution in [2.24, 2.45) is 0 Å².